The van der Waals surface area contributed by atoms with E-state index in [0.717, 1.165) is 19.4 Å². The van der Waals surface area contributed by atoms with E-state index in [-0.39, 0.29) is 6.54 Å². The van der Waals surface area contributed by atoms with Crippen LogP contribution < -0.4 is 0 Å². The monoisotopic (exact) mass is 214 g/mol. The highest BCUT2D eigenvalue weighted by Gasteiger charge is 2.14. The third kappa shape index (κ3) is 6.33. The van der Waals surface area contributed by atoms with Crippen LogP contribution >= 0.6 is 0 Å². The lowest BCUT2D eigenvalue weighted by molar-refractivity contribution is 0.0949. The van der Waals surface area contributed by atoms with Gasteiger partial charge in [0.15, 0.2) is 0 Å². The van der Waals surface area contributed by atoms with Crippen molar-refractivity contribution in [2.45, 2.75) is 45.8 Å². The van der Waals surface area contributed by atoms with Crippen molar-refractivity contribution in [3.8, 4) is 0 Å². The van der Waals surface area contributed by atoms with E-state index in [0.29, 0.717) is 12.6 Å². The van der Waals surface area contributed by atoms with Crippen LogP contribution in [0.25, 0.3) is 10.4 Å². The Kier molecular flexibility index (Phi) is 8.09. The van der Waals surface area contributed by atoms with Gasteiger partial charge in [-0.3, -0.25) is 4.90 Å². The molecule has 88 valence electrons. The van der Waals surface area contributed by atoms with Gasteiger partial charge in [0, 0.05) is 17.5 Å². The summed E-state index contributed by atoms with van der Waals surface area (Å²) in [7, 11) is 0. The van der Waals surface area contributed by atoms with Crippen LogP contribution in [0.1, 0.15) is 33.6 Å². The molecule has 5 nitrogen and oxygen atoms in total. The summed E-state index contributed by atoms with van der Waals surface area (Å²) in [5.41, 5.74) is 8.14. The molecule has 2 atom stereocenters. The second kappa shape index (κ2) is 8.53. The van der Waals surface area contributed by atoms with Crippen LogP contribution in [-0.2, 0) is 0 Å². The van der Waals surface area contributed by atoms with Gasteiger partial charge in [-0.2, -0.15) is 0 Å². The minimum atomic E-state index is -0.554. The van der Waals surface area contributed by atoms with Gasteiger partial charge in [0.1, 0.15) is 0 Å². The van der Waals surface area contributed by atoms with E-state index in [9.17, 15) is 5.11 Å². The molecule has 0 bridgehead atoms. The Morgan fingerprint density at radius 3 is 2.60 bits per heavy atom. The average Bonchev–Trinajstić information content (AvgIpc) is 2.24. The number of hydrogen-bond acceptors (Lipinski definition) is 3. The van der Waals surface area contributed by atoms with Gasteiger partial charge >= 0.3 is 0 Å². The fraction of sp³-hybridized carbons (Fsp3) is 1.00. The topological polar surface area (TPSA) is 72.2 Å². The van der Waals surface area contributed by atoms with E-state index in [1.807, 2.05) is 0 Å². The van der Waals surface area contributed by atoms with E-state index < -0.39 is 6.10 Å². The molecule has 15 heavy (non-hydrogen) atoms. The summed E-state index contributed by atoms with van der Waals surface area (Å²) in [6.45, 7) is 8.12. The minimum absolute atomic E-state index is 0.160. The fourth-order valence-electron chi connectivity index (χ4n) is 1.50. The minimum Gasteiger partial charge on any atom is -0.392 e. The second-order valence-electron chi connectivity index (χ2n) is 3.82. The van der Waals surface area contributed by atoms with Crippen LogP contribution in [0.3, 0.4) is 0 Å². The highest BCUT2D eigenvalue weighted by molar-refractivity contribution is 4.71. The summed E-state index contributed by atoms with van der Waals surface area (Å²) >= 11 is 0. The largest absolute Gasteiger partial charge is 0.392 e. The van der Waals surface area contributed by atoms with Crippen molar-refractivity contribution in [3.05, 3.63) is 10.4 Å². The van der Waals surface area contributed by atoms with E-state index >= 15 is 0 Å². The molecule has 0 saturated heterocycles. The maximum Gasteiger partial charge on any atom is 0.0723 e. The standard InChI is InChI=1S/C10H22N4O/c1-4-6-14(9(3)5-2)8-10(15)7-12-13-11/h9-10,15H,4-8H2,1-3H3/t9?,10-/m0/s1. The van der Waals surface area contributed by atoms with Crippen LogP contribution in [0, 0.1) is 0 Å². The quantitative estimate of drug-likeness (QED) is 0.382. The lowest BCUT2D eigenvalue weighted by Gasteiger charge is -2.29. The van der Waals surface area contributed by atoms with Crippen molar-refractivity contribution < 1.29 is 5.11 Å². The van der Waals surface area contributed by atoms with Gasteiger partial charge in [0.2, 0.25) is 0 Å². The molecule has 0 aromatic carbocycles. The normalized spacial score (nSPS) is 14.7. The van der Waals surface area contributed by atoms with E-state index in [1.165, 1.54) is 0 Å². The molecule has 1 N–H and O–H groups in total. The molecule has 0 aliphatic heterocycles. The summed E-state index contributed by atoms with van der Waals surface area (Å²) in [5, 5.41) is 13.0. The van der Waals surface area contributed by atoms with E-state index in [1.54, 1.807) is 0 Å². The zero-order valence-electron chi connectivity index (χ0n) is 9.93. The number of hydrogen-bond donors (Lipinski definition) is 1. The number of azide groups is 1. The summed E-state index contributed by atoms with van der Waals surface area (Å²) in [6, 6.07) is 0.464. The van der Waals surface area contributed by atoms with Crippen molar-refractivity contribution in [2.75, 3.05) is 19.6 Å². The molecule has 0 fully saturated rings. The van der Waals surface area contributed by atoms with Gasteiger partial charge in [0.25, 0.3) is 0 Å². The first-order valence-corrected chi connectivity index (χ1v) is 5.58. The molecule has 0 aromatic heterocycles. The first-order valence-electron chi connectivity index (χ1n) is 5.58. The molecule has 0 amide bonds. The van der Waals surface area contributed by atoms with Crippen molar-refractivity contribution >= 4 is 0 Å². The van der Waals surface area contributed by atoms with Gasteiger partial charge in [-0.25, -0.2) is 0 Å². The van der Waals surface area contributed by atoms with Crippen LogP contribution in [0.2, 0.25) is 0 Å². The second-order valence-corrected chi connectivity index (χ2v) is 3.82. The summed E-state index contributed by atoms with van der Waals surface area (Å²) in [6.07, 6.45) is 1.58. The Labute approximate surface area is 91.7 Å². The average molecular weight is 214 g/mol. The van der Waals surface area contributed by atoms with Crippen molar-refractivity contribution in [1.29, 1.82) is 0 Å². The molecule has 0 heterocycles. The molecule has 0 aliphatic carbocycles. The summed E-state index contributed by atoms with van der Waals surface area (Å²) < 4.78 is 0. The molecule has 5 heteroatoms. The molecule has 0 aliphatic rings. The Morgan fingerprint density at radius 2 is 2.13 bits per heavy atom. The van der Waals surface area contributed by atoms with Crippen LogP contribution in [-0.4, -0.2) is 41.8 Å². The van der Waals surface area contributed by atoms with Crippen molar-refractivity contribution in [2.24, 2.45) is 5.11 Å². The van der Waals surface area contributed by atoms with Crippen molar-refractivity contribution in [1.82, 2.24) is 4.90 Å². The first kappa shape index (κ1) is 14.2. The predicted octanol–water partition coefficient (Wildman–Crippen LogP) is 2.17. The first-order chi connectivity index (χ1) is 7.15. The SMILES string of the molecule is CCCN(C[C@@H](O)CN=[N+]=[N-])C(C)CC. The maximum absolute atomic E-state index is 9.62. The predicted molar refractivity (Wildman–Crippen MR) is 61.6 cm³/mol. The van der Waals surface area contributed by atoms with Gasteiger partial charge in [-0.05, 0) is 31.8 Å². The number of rotatable bonds is 8. The zero-order chi connectivity index (χ0) is 11.7. The highest BCUT2D eigenvalue weighted by atomic mass is 16.3. The van der Waals surface area contributed by atoms with E-state index in [2.05, 4.69) is 35.7 Å². The Hall–Kier alpha value is -0.770. The smallest absolute Gasteiger partial charge is 0.0723 e. The Balaban J connectivity index is 4.07. The zero-order valence-corrected chi connectivity index (χ0v) is 9.93. The number of nitrogens with zero attached hydrogens (tertiary/aromatic N) is 4. The number of aliphatic hydroxyl groups excluding tert-OH is 1. The molecular weight excluding hydrogens is 192 g/mol. The third-order valence-electron chi connectivity index (χ3n) is 2.53. The molecule has 0 rings (SSSR count). The summed E-state index contributed by atoms with van der Waals surface area (Å²) in [4.78, 5) is 4.87. The van der Waals surface area contributed by atoms with Crippen molar-refractivity contribution in [3.63, 3.8) is 0 Å². The van der Waals surface area contributed by atoms with Crippen LogP contribution in [0.4, 0.5) is 0 Å². The molecule has 0 saturated carbocycles. The molecule has 0 aromatic rings. The van der Waals surface area contributed by atoms with Gasteiger partial charge in [0.05, 0.1) is 12.6 Å². The molecule has 1 unspecified atom stereocenters. The Bertz CT molecular complexity index is 204. The Morgan fingerprint density at radius 1 is 1.47 bits per heavy atom. The fourth-order valence-corrected chi connectivity index (χ4v) is 1.50. The highest BCUT2D eigenvalue weighted by Crippen LogP contribution is 2.05. The summed E-state index contributed by atoms with van der Waals surface area (Å²) in [5.74, 6) is 0. The van der Waals surface area contributed by atoms with Gasteiger partial charge < -0.3 is 5.11 Å². The number of aliphatic hydroxyl groups is 1. The molecular formula is C10H22N4O. The third-order valence-corrected chi connectivity index (χ3v) is 2.53. The molecule has 0 spiro atoms. The maximum atomic E-state index is 9.62. The molecule has 0 radical (unpaired) electrons. The van der Waals surface area contributed by atoms with Gasteiger partial charge in [-0.1, -0.05) is 19.0 Å². The van der Waals surface area contributed by atoms with Crippen LogP contribution in [0.5, 0.6) is 0 Å². The lowest BCUT2D eigenvalue weighted by Crippen LogP contribution is -2.40. The van der Waals surface area contributed by atoms with Crippen LogP contribution in [0.15, 0.2) is 5.11 Å². The lowest BCUT2D eigenvalue weighted by atomic mass is 10.2. The van der Waals surface area contributed by atoms with Gasteiger partial charge in [-0.15, -0.1) is 0 Å². The van der Waals surface area contributed by atoms with E-state index in [4.69, 9.17) is 5.53 Å².